The summed E-state index contributed by atoms with van der Waals surface area (Å²) in [7, 11) is 1.61. The van der Waals surface area contributed by atoms with Crippen LogP contribution in [0.4, 0.5) is 0 Å². The number of aromatic nitrogens is 2. The number of aliphatic hydroxyl groups excluding tert-OH is 1. The average Bonchev–Trinajstić information content (AvgIpc) is 2.86. The minimum absolute atomic E-state index is 0.158. The van der Waals surface area contributed by atoms with Gasteiger partial charge in [-0.2, -0.15) is 4.98 Å². The van der Waals surface area contributed by atoms with Gasteiger partial charge in [-0.05, 0) is 46.3 Å². The van der Waals surface area contributed by atoms with Gasteiger partial charge in [0, 0.05) is 6.20 Å². The molecule has 0 aliphatic rings. The van der Waals surface area contributed by atoms with Crippen molar-refractivity contribution in [3.8, 4) is 17.4 Å². The molecular formula is C15H13BrN2O3. The quantitative estimate of drug-likeness (QED) is 0.785. The molecule has 0 aliphatic heterocycles. The van der Waals surface area contributed by atoms with E-state index in [2.05, 4.69) is 20.9 Å². The van der Waals surface area contributed by atoms with Crippen LogP contribution in [0, 0.1) is 0 Å². The summed E-state index contributed by atoms with van der Waals surface area (Å²) < 4.78 is 13.5. The van der Waals surface area contributed by atoms with Gasteiger partial charge in [0.1, 0.15) is 22.8 Å². The number of benzene rings is 1. The van der Waals surface area contributed by atoms with E-state index in [1.165, 1.54) is 0 Å². The Hall–Kier alpha value is -2.05. The van der Waals surface area contributed by atoms with Gasteiger partial charge in [-0.1, -0.05) is 6.07 Å². The van der Waals surface area contributed by atoms with Gasteiger partial charge < -0.3 is 14.6 Å². The number of methoxy groups -OCH3 is 1. The van der Waals surface area contributed by atoms with Crippen LogP contribution in [0.1, 0.15) is 5.69 Å². The summed E-state index contributed by atoms with van der Waals surface area (Å²) >= 11 is 3.43. The van der Waals surface area contributed by atoms with E-state index in [1.54, 1.807) is 23.6 Å². The highest BCUT2D eigenvalue weighted by atomic mass is 79.9. The van der Waals surface area contributed by atoms with Gasteiger partial charge in [0.2, 0.25) is 5.88 Å². The Morgan fingerprint density at radius 2 is 2.14 bits per heavy atom. The molecule has 1 N–H and O–H groups in total. The first kappa shape index (κ1) is 13.9. The van der Waals surface area contributed by atoms with E-state index >= 15 is 0 Å². The molecule has 1 aromatic carbocycles. The lowest BCUT2D eigenvalue weighted by molar-refractivity contribution is 0.269. The lowest BCUT2D eigenvalue weighted by atomic mass is 10.3. The van der Waals surface area contributed by atoms with Crippen molar-refractivity contribution >= 4 is 21.6 Å². The van der Waals surface area contributed by atoms with Gasteiger partial charge in [-0.15, -0.1) is 0 Å². The van der Waals surface area contributed by atoms with E-state index < -0.39 is 0 Å². The maximum Gasteiger partial charge on any atom is 0.243 e. The van der Waals surface area contributed by atoms with Gasteiger partial charge in [0.05, 0.1) is 18.2 Å². The molecule has 3 aromatic rings. The van der Waals surface area contributed by atoms with Crippen LogP contribution in [-0.2, 0) is 6.61 Å². The molecule has 108 valence electrons. The normalized spacial score (nSPS) is 10.8. The Kier molecular flexibility index (Phi) is 3.81. The van der Waals surface area contributed by atoms with Crippen LogP contribution < -0.4 is 9.47 Å². The molecule has 0 amide bonds. The fraction of sp³-hybridized carbons (Fsp3) is 0.133. The molecule has 5 nitrogen and oxygen atoms in total. The van der Waals surface area contributed by atoms with Crippen molar-refractivity contribution < 1.29 is 14.6 Å². The molecule has 0 saturated carbocycles. The predicted octanol–water partition coefficient (Wildman–Crippen LogP) is 3.39. The highest BCUT2D eigenvalue weighted by Crippen LogP contribution is 2.34. The molecule has 6 heteroatoms. The van der Waals surface area contributed by atoms with Crippen molar-refractivity contribution in [1.82, 2.24) is 9.38 Å². The highest BCUT2D eigenvalue weighted by molar-refractivity contribution is 9.10. The van der Waals surface area contributed by atoms with Crippen molar-refractivity contribution in [2.75, 3.05) is 7.11 Å². The molecule has 21 heavy (non-hydrogen) atoms. The zero-order valence-corrected chi connectivity index (χ0v) is 12.9. The zero-order chi connectivity index (χ0) is 14.8. The third-order valence-corrected chi connectivity index (χ3v) is 3.71. The Morgan fingerprint density at radius 1 is 1.29 bits per heavy atom. The number of imidazole rings is 1. The predicted molar refractivity (Wildman–Crippen MR) is 81.9 cm³/mol. The van der Waals surface area contributed by atoms with Crippen LogP contribution in [0.2, 0.25) is 0 Å². The standard InChI is InChI=1S/C15H13BrN2O3/c1-20-10-5-6-13(11(16)8-10)21-15-12(9-19)18-7-3-2-4-14(18)17-15/h2-8,19H,9H2,1H3. The van der Waals surface area contributed by atoms with Crippen molar-refractivity contribution in [3.05, 3.63) is 52.8 Å². The summed E-state index contributed by atoms with van der Waals surface area (Å²) in [5.74, 6) is 1.72. The van der Waals surface area contributed by atoms with E-state index in [9.17, 15) is 5.11 Å². The van der Waals surface area contributed by atoms with Crippen molar-refractivity contribution in [3.63, 3.8) is 0 Å². The molecule has 2 aromatic heterocycles. The van der Waals surface area contributed by atoms with Gasteiger partial charge in [0.25, 0.3) is 0 Å². The number of fused-ring (bicyclic) bond motifs is 1. The summed E-state index contributed by atoms with van der Waals surface area (Å²) in [5, 5.41) is 9.56. The van der Waals surface area contributed by atoms with Crippen LogP contribution in [0.5, 0.6) is 17.4 Å². The number of aliphatic hydroxyl groups is 1. The summed E-state index contributed by atoms with van der Waals surface area (Å²) in [5.41, 5.74) is 1.33. The van der Waals surface area contributed by atoms with Gasteiger partial charge in [0.15, 0.2) is 0 Å². The molecule has 0 bridgehead atoms. The molecule has 0 unspecified atom stereocenters. The smallest absolute Gasteiger partial charge is 0.243 e. The van der Waals surface area contributed by atoms with Crippen LogP contribution in [0.3, 0.4) is 0 Å². The maximum absolute atomic E-state index is 9.56. The van der Waals surface area contributed by atoms with Gasteiger partial charge >= 0.3 is 0 Å². The fourth-order valence-corrected chi connectivity index (χ4v) is 2.48. The largest absolute Gasteiger partial charge is 0.497 e. The lowest BCUT2D eigenvalue weighted by Gasteiger charge is -2.08. The lowest BCUT2D eigenvalue weighted by Crippen LogP contribution is -1.95. The van der Waals surface area contributed by atoms with Crippen molar-refractivity contribution in [2.24, 2.45) is 0 Å². The van der Waals surface area contributed by atoms with E-state index in [-0.39, 0.29) is 6.61 Å². The minimum atomic E-state index is -0.158. The number of pyridine rings is 1. The van der Waals surface area contributed by atoms with E-state index in [0.717, 1.165) is 15.9 Å². The van der Waals surface area contributed by atoms with Crippen LogP contribution in [0.15, 0.2) is 47.1 Å². The van der Waals surface area contributed by atoms with Crippen molar-refractivity contribution in [2.45, 2.75) is 6.61 Å². The second-order valence-electron chi connectivity index (χ2n) is 4.35. The maximum atomic E-state index is 9.56. The molecule has 0 aliphatic carbocycles. The van der Waals surface area contributed by atoms with Gasteiger partial charge in [-0.25, -0.2) is 0 Å². The second kappa shape index (κ2) is 5.75. The molecule has 0 saturated heterocycles. The van der Waals surface area contributed by atoms with Gasteiger partial charge in [-0.3, -0.25) is 4.40 Å². The molecule has 0 radical (unpaired) electrons. The summed E-state index contributed by atoms with van der Waals surface area (Å²) in [6.07, 6.45) is 1.84. The second-order valence-corrected chi connectivity index (χ2v) is 5.20. The van der Waals surface area contributed by atoms with Crippen LogP contribution in [-0.4, -0.2) is 21.6 Å². The average molecular weight is 349 g/mol. The number of rotatable bonds is 4. The molecule has 0 spiro atoms. The first-order valence-electron chi connectivity index (χ1n) is 6.31. The SMILES string of the molecule is COc1ccc(Oc2nc3ccccn3c2CO)c(Br)c1. The Bertz CT molecular complexity index is 786. The minimum Gasteiger partial charge on any atom is -0.497 e. The third kappa shape index (κ3) is 2.59. The van der Waals surface area contributed by atoms with Crippen molar-refractivity contribution in [1.29, 1.82) is 0 Å². The summed E-state index contributed by atoms with van der Waals surface area (Å²) in [6, 6.07) is 11.0. The highest BCUT2D eigenvalue weighted by Gasteiger charge is 2.14. The zero-order valence-electron chi connectivity index (χ0n) is 11.3. The number of hydrogen-bond donors (Lipinski definition) is 1. The number of halogens is 1. The molecule has 0 atom stereocenters. The van der Waals surface area contributed by atoms with E-state index in [0.29, 0.717) is 17.3 Å². The molecule has 3 rings (SSSR count). The monoisotopic (exact) mass is 348 g/mol. The van der Waals surface area contributed by atoms with E-state index in [4.69, 9.17) is 9.47 Å². The Morgan fingerprint density at radius 3 is 2.86 bits per heavy atom. The first-order valence-corrected chi connectivity index (χ1v) is 7.10. The number of ether oxygens (including phenoxy) is 2. The molecule has 2 heterocycles. The molecule has 0 fully saturated rings. The first-order chi connectivity index (χ1) is 10.2. The topological polar surface area (TPSA) is 56.0 Å². The summed E-state index contributed by atoms with van der Waals surface area (Å²) in [4.78, 5) is 4.39. The Labute approximate surface area is 129 Å². The van der Waals surface area contributed by atoms with Crippen LogP contribution in [0.25, 0.3) is 5.65 Å². The number of hydrogen-bond acceptors (Lipinski definition) is 4. The molecular weight excluding hydrogens is 336 g/mol. The fourth-order valence-electron chi connectivity index (χ4n) is 2.05. The number of nitrogens with zero attached hydrogens (tertiary/aromatic N) is 2. The third-order valence-electron chi connectivity index (χ3n) is 3.09. The summed E-state index contributed by atoms with van der Waals surface area (Å²) in [6.45, 7) is -0.158. The Balaban J connectivity index is 2.01. The van der Waals surface area contributed by atoms with E-state index in [1.807, 2.05) is 30.5 Å². The van der Waals surface area contributed by atoms with Crippen LogP contribution >= 0.6 is 15.9 Å².